The van der Waals surface area contributed by atoms with E-state index in [0.717, 1.165) is 64.7 Å². The number of likely N-dealkylation sites (N-methyl/N-ethyl adjacent to an activating group) is 1. The predicted molar refractivity (Wildman–Crippen MR) is 166 cm³/mol. The number of aliphatic imine (C=N–C) groups is 1. The molecule has 2 unspecified atom stereocenters. The van der Waals surface area contributed by atoms with Crippen LogP contribution in [0.25, 0.3) is 11.4 Å². The van der Waals surface area contributed by atoms with Crippen molar-refractivity contribution in [2.24, 2.45) is 4.99 Å². The van der Waals surface area contributed by atoms with Crippen LogP contribution in [0.4, 0.5) is 0 Å². The van der Waals surface area contributed by atoms with E-state index in [9.17, 15) is 0 Å². The Morgan fingerprint density at radius 1 is 0.905 bits per heavy atom. The Morgan fingerprint density at radius 2 is 1.60 bits per heavy atom. The van der Waals surface area contributed by atoms with Crippen LogP contribution in [0.3, 0.4) is 0 Å². The van der Waals surface area contributed by atoms with Crippen LogP contribution in [0.15, 0.2) is 65.7 Å². The first-order valence-electron chi connectivity index (χ1n) is 14.3. The van der Waals surface area contributed by atoms with E-state index in [-0.39, 0.29) is 18.4 Å². The maximum Gasteiger partial charge on any atom is 0.204 e. The lowest BCUT2D eigenvalue weighted by Crippen LogP contribution is -2.41. The highest BCUT2D eigenvalue weighted by molar-refractivity contribution is 6.15. The lowest BCUT2D eigenvalue weighted by atomic mass is 9.79. The molecule has 2 aliphatic rings. The molecule has 9 nitrogen and oxygen atoms in total. The number of tetrazole rings is 1. The molecule has 0 bridgehead atoms. The van der Waals surface area contributed by atoms with Crippen molar-refractivity contribution in [3.63, 3.8) is 0 Å². The van der Waals surface area contributed by atoms with Crippen LogP contribution in [0, 0.1) is 0 Å². The van der Waals surface area contributed by atoms with Crippen molar-refractivity contribution in [2.45, 2.75) is 38.8 Å². The van der Waals surface area contributed by atoms with Gasteiger partial charge in [0.2, 0.25) is 5.82 Å². The number of likely N-dealkylation sites (tertiary alicyclic amines) is 1. The Hall–Kier alpha value is -3.95. The Labute approximate surface area is 252 Å². The van der Waals surface area contributed by atoms with Gasteiger partial charge >= 0.3 is 0 Å². The lowest BCUT2D eigenvalue weighted by Gasteiger charge is -2.39. The van der Waals surface area contributed by atoms with E-state index in [1.165, 1.54) is 5.56 Å². The second kappa shape index (κ2) is 12.9. The number of halogens is 1. The molecule has 42 heavy (non-hydrogen) atoms. The number of hydrogen-bond acceptors (Lipinski definition) is 8. The largest absolute Gasteiger partial charge is 0.497 e. The third-order valence-electron chi connectivity index (χ3n) is 7.80. The van der Waals surface area contributed by atoms with Crippen LogP contribution in [0.5, 0.6) is 17.2 Å². The standard InChI is InChI=1S/C32H36N6O3.ClH/c1-5-40-29-17-25-26(18-30(29)41-6-2)31(33-28-15-16-37(3)20-27(25)28)22-9-11-23(12-10-22)32-34-36-38(35-32)19-21-7-13-24(39-4)14-8-21;/h7-14,17-18,27-28H,5-6,15-16,19-20H2,1-4H3;1H. The maximum absolute atomic E-state index is 6.01. The van der Waals surface area contributed by atoms with Crippen LogP contribution in [0.2, 0.25) is 0 Å². The van der Waals surface area contributed by atoms with Crippen LogP contribution in [-0.4, -0.2) is 77.3 Å². The van der Waals surface area contributed by atoms with Gasteiger partial charge in [-0.15, -0.1) is 22.6 Å². The summed E-state index contributed by atoms with van der Waals surface area (Å²) in [6, 6.07) is 20.7. The molecule has 0 saturated carbocycles. The average Bonchev–Trinajstić information content (AvgIpc) is 3.46. The highest BCUT2D eigenvalue weighted by Crippen LogP contribution is 2.42. The summed E-state index contributed by atoms with van der Waals surface area (Å²) in [6.45, 7) is 7.72. The molecule has 3 heterocycles. The number of piperidine rings is 1. The number of benzene rings is 3. The van der Waals surface area contributed by atoms with Gasteiger partial charge in [-0.1, -0.05) is 36.4 Å². The van der Waals surface area contributed by atoms with E-state index in [4.69, 9.17) is 19.2 Å². The summed E-state index contributed by atoms with van der Waals surface area (Å²) >= 11 is 0. The molecule has 220 valence electrons. The SMILES string of the molecule is CCOc1cc2c(cc1OCC)C1CN(C)CCC1N=C2c1ccc(-c2nnn(Cc3ccc(OC)cc3)n2)cc1.Cl. The summed E-state index contributed by atoms with van der Waals surface area (Å²) in [6.07, 6.45) is 1.03. The molecule has 2 aliphatic heterocycles. The van der Waals surface area contributed by atoms with E-state index in [2.05, 4.69) is 51.6 Å². The molecular weight excluding hydrogens is 552 g/mol. The zero-order valence-electron chi connectivity index (χ0n) is 24.5. The Kier molecular flexibility index (Phi) is 9.09. The molecule has 0 aliphatic carbocycles. The highest BCUT2D eigenvalue weighted by atomic mass is 35.5. The molecule has 0 N–H and O–H groups in total. The van der Waals surface area contributed by atoms with Crippen molar-refractivity contribution in [3.05, 3.63) is 82.9 Å². The summed E-state index contributed by atoms with van der Waals surface area (Å²) in [5.74, 6) is 3.30. The minimum atomic E-state index is 0. The fourth-order valence-electron chi connectivity index (χ4n) is 5.75. The molecule has 0 spiro atoms. The van der Waals surface area contributed by atoms with Crippen molar-refractivity contribution in [1.29, 1.82) is 0 Å². The van der Waals surface area contributed by atoms with Gasteiger partial charge in [-0.05, 0) is 74.5 Å². The van der Waals surface area contributed by atoms with Gasteiger partial charge in [0.1, 0.15) is 5.75 Å². The van der Waals surface area contributed by atoms with Crippen LogP contribution in [0.1, 0.15) is 48.4 Å². The monoisotopic (exact) mass is 588 g/mol. The fraction of sp³-hybridized carbons (Fsp3) is 0.375. The minimum Gasteiger partial charge on any atom is -0.497 e. The molecule has 1 aromatic heterocycles. The first kappa shape index (κ1) is 29.5. The summed E-state index contributed by atoms with van der Waals surface area (Å²) in [7, 11) is 3.85. The molecule has 2 atom stereocenters. The molecule has 6 rings (SSSR count). The molecule has 4 aromatic rings. The summed E-state index contributed by atoms with van der Waals surface area (Å²) < 4.78 is 17.3. The second-order valence-corrected chi connectivity index (χ2v) is 10.5. The topological polar surface area (TPSA) is 86.9 Å². The van der Waals surface area contributed by atoms with Crippen LogP contribution in [-0.2, 0) is 6.54 Å². The van der Waals surface area contributed by atoms with Gasteiger partial charge in [0.05, 0.1) is 38.6 Å². The minimum absolute atomic E-state index is 0. The van der Waals surface area contributed by atoms with E-state index < -0.39 is 0 Å². The first-order valence-corrected chi connectivity index (χ1v) is 14.3. The third-order valence-corrected chi connectivity index (χ3v) is 7.80. The number of nitrogens with zero attached hydrogens (tertiary/aromatic N) is 6. The normalized spacial score (nSPS) is 17.9. The Balaban J connectivity index is 0.00000353. The first-order chi connectivity index (χ1) is 20.1. The quantitative estimate of drug-likeness (QED) is 0.264. The van der Waals surface area contributed by atoms with Gasteiger partial charge in [-0.2, -0.15) is 4.80 Å². The van der Waals surface area contributed by atoms with E-state index >= 15 is 0 Å². The van der Waals surface area contributed by atoms with E-state index in [0.29, 0.717) is 31.5 Å². The molecule has 3 aromatic carbocycles. The zero-order valence-corrected chi connectivity index (χ0v) is 25.3. The summed E-state index contributed by atoms with van der Waals surface area (Å²) in [5.41, 5.74) is 6.44. The van der Waals surface area contributed by atoms with Gasteiger partial charge < -0.3 is 19.1 Å². The number of ether oxygens (including phenoxy) is 3. The van der Waals surface area contributed by atoms with Crippen LogP contribution < -0.4 is 14.2 Å². The number of methoxy groups -OCH3 is 1. The molecule has 0 amide bonds. The maximum atomic E-state index is 6.01. The summed E-state index contributed by atoms with van der Waals surface area (Å²) in [5, 5.41) is 13.2. The fourth-order valence-corrected chi connectivity index (χ4v) is 5.75. The van der Waals surface area contributed by atoms with Crippen molar-refractivity contribution in [3.8, 4) is 28.6 Å². The molecular formula is C32H37ClN6O3. The van der Waals surface area contributed by atoms with Crippen molar-refractivity contribution < 1.29 is 14.2 Å². The van der Waals surface area contributed by atoms with Crippen molar-refractivity contribution >= 4 is 18.1 Å². The summed E-state index contributed by atoms with van der Waals surface area (Å²) in [4.78, 5) is 9.33. The zero-order chi connectivity index (χ0) is 28.3. The molecule has 1 fully saturated rings. The van der Waals surface area contributed by atoms with Gasteiger partial charge in [-0.25, -0.2) is 0 Å². The van der Waals surface area contributed by atoms with Gasteiger partial charge in [0.15, 0.2) is 11.5 Å². The van der Waals surface area contributed by atoms with Crippen LogP contribution >= 0.6 is 12.4 Å². The Morgan fingerprint density at radius 3 is 2.29 bits per heavy atom. The Bertz CT molecular complexity index is 1540. The average molecular weight is 589 g/mol. The molecule has 1 saturated heterocycles. The number of hydrogen-bond donors (Lipinski definition) is 0. The smallest absolute Gasteiger partial charge is 0.204 e. The van der Waals surface area contributed by atoms with Gasteiger partial charge in [-0.3, -0.25) is 4.99 Å². The molecule has 0 radical (unpaired) electrons. The molecule has 10 heteroatoms. The predicted octanol–water partition coefficient (Wildman–Crippen LogP) is 5.25. The number of fused-ring (bicyclic) bond motifs is 3. The van der Waals surface area contributed by atoms with Gasteiger partial charge in [0.25, 0.3) is 0 Å². The van der Waals surface area contributed by atoms with E-state index in [1.807, 2.05) is 50.2 Å². The van der Waals surface area contributed by atoms with Crippen molar-refractivity contribution in [2.75, 3.05) is 40.5 Å². The lowest BCUT2D eigenvalue weighted by molar-refractivity contribution is 0.226. The number of rotatable bonds is 9. The second-order valence-electron chi connectivity index (χ2n) is 10.5. The number of aromatic nitrogens is 4. The van der Waals surface area contributed by atoms with Gasteiger partial charge in [0, 0.05) is 29.2 Å². The van der Waals surface area contributed by atoms with Crippen molar-refractivity contribution in [1.82, 2.24) is 25.1 Å². The third kappa shape index (κ3) is 5.98. The van der Waals surface area contributed by atoms with E-state index in [1.54, 1.807) is 11.9 Å². The highest BCUT2D eigenvalue weighted by Gasteiger charge is 2.36.